The monoisotopic (exact) mass is 292 g/mol. The van der Waals surface area contributed by atoms with E-state index in [2.05, 4.69) is 24.8 Å². The molecule has 2 heterocycles. The average molecular weight is 292 g/mol. The number of nitrogen functional groups attached to an aromatic ring is 1. The largest absolute Gasteiger partial charge is 0.395 e. The van der Waals surface area contributed by atoms with Gasteiger partial charge in [-0.1, -0.05) is 12.8 Å². The second kappa shape index (κ2) is 6.43. The molecule has 1 saturated heterocycles. The first-order valence-electron chi connectivity index (χ1n) is 7.92. The molecule has 0 unspecified atom stereocenters. The normalized spacial score (nSPS) is 19.4. The summed E-state index contributed by atoms with van der Waals surface area (Å²) in [5, 5.41) is 9.35. The lowest BCUT2D eigenvalue weighted by atomic mass is 10.2. The third-order valence-corrected chi connectivity index (χ3v) is 4.38. The molecule has 1 aromatic rings. The molecule has 21 heavy (non-hydrogen) atoms. The molecule has 1 aliphatic heterocycles. The van der Waals surface area contributed by atoms with Crippen molar-refractivity contribution in [3.8, 4) is 0 Å². The molecular formula is C14H24N6O. The molecule has 1 saturated carbocycles. The predicted molar refractivity (Wildman–Crippen MR) is 82.4 cm³/mol. The van der Waals surface area contributed by atoms with Gasteiger partial charge in [0.2, 0.25) is 17.8 Å². The third kappa shape index (κ3) is 3.18. The van der Waals surface area contributed by atoms with E-state index in [1.165, 1.54) is 25.7 Å². The van der Waals surface area contributed by atoms with Crippen LogP contribution >= 0.6 is 0 Å². The smallest absolute Gasteiger partial charge is 0.232 e. The van der Waals surface area contributed by atoms with E-state index in [1.807, 2.05) is 0 Å². The van der Waals surface area contributed by atoms with Crippen LogP contribution in [0.2, 0.25) is 0 Å². The van der Waals surface area contributed by atoms with Crippen LogP contribution in [0.1, 0.15) is 38.5 Å². The Kier molecular flexibility index (Phi) is 4.38. The number of hydrogen-bond acceptors (Lipinski definition) is 7. The molecule has 0 atom stereocenters. The Morgan fingerprint density at radius 3 is 2.48 bits per heavy atom. The van der Waals surface area contributed by atoms with E-state index >= 15 is 0 Å². The molecule has 1 aliphatic carbocycles. The highest BCUT2D eigenvalue weighted by Crippen LogP contribution is 2.27. The van der Waals surface area contributed by atoms with Crippen LogP contribution in [0.4, 0.5) is 17.8 Å². The highest BCUT2D eigenvalue weighted by atomic mass is 16.3. The van der Waals surface area contributed by atoms with Crippen molar-refractivity contribution in [2.75, 3.05) is 41.8 Å². The van der Waals surface area contributed by atoms with Crippen molar-refractivity contribution in [3.05, 3.63) is 0 Å². The van der Waals surface area contributed by atoms with Crippen LogP contribution in [0.15, 0.2) is 0 Å². The number of rotatable bonds is 5. The molecule has 0 aromatic carbocycles. The molecule has 0 radical (unpaired) electrons. The minimum absolute atomic E-state index is 0.0983. The lowest BCUT2D eigenvalue weighted by Gasteiger charge is -2.29. The predicted octanol–water partition coefficient (Wildman–Crippen LogP) is 0.795. The van der Waals surface area contributed by atoms with Gasteiger partial charge in [0.05, 0.1) is 6.61 Å². The number of nitrogens with zero attached hydrogens (tertiary/aromatic N) is 5. The molecule has 116 valence electrons. The number of nitrogens with two attached hydrogens (primary N) is 1. The SMILES string of the molecule is Nc1nc(N2CCCC2)nc(N(CCO)C2CCCC2)n1. The topological polar surface area (TPSA) is 91.4 Å². The van der Waals surface area contributed by atoms with Crippen LogP contribution in [0.25, 0.3) is 0 Å². The van der Waals surface area contributed by atoms with Gasteiger partial charge in [0.1, 0.15) is 0 Å². The first-order valence-corrected chi connectivity index (χ1v) is 7.92. The maximum absolute atomic E-state index is 9.35. The second-order valence-electron chi connectivity index (χ2n) is 5.84. The molecule has 7 heteroatoms. The Labute approximate surface area is 125 Å². The standard InChI is InChI=1S/C14H24N6O/c15-12-16-13(19-7-3-4-8-19)18-14(17-12)20(9-10-21)11-5-1-2-6-11/h11,21H,1-10H2,(H2,15,16,17,18). The van der Waals surface area contributed by atoms with Gasteiger partial charge in [0, 0.05) is 25.7 Å². The summed E-state index contributed by atoms with van der Waals surface area (Å²) in [5.74, 6) is 1.56. The van der Waals surface area contributed by atoms with Crippen LogP contribution in [0.5, 0.6) is 0 Å². The van der Waals surface area contributed by atoms with E-state index in [9.17, 15) is 5.11 Å². The Bertz CT molecular complexity index is 471. The van der Waals surface area contributed by atoms with Crippen molar-refractivity contribution in [2.45, 2.75) is 44.6 Å². The number of aromatic nitrogens is 3. The summed E-state index contributed by atoms with van der Waals surface area (Å²) in [6.07, 6.45) is 7.06. The summed E-state index contributed by atoms with van der Waals surface area (Å²) in [6.45, 7) is 2.60. The molecular weight excluding hydrogens is 268 g/mol. The molecule has 0 spiro atoms. The van der Waals surface area contributed by atoms with Gasteiger partial charge in [0.25, 0.3) is 0 Å². The molecule has 0 bridgehead atoms. The van der Waals surface area contributed by atoms with Crippen molar-refractivity contribution in [2.24, 2.45) is 0 Å². The van der Waals surface area contributed by atoms with Crippen molar-refractivity contribution in [3.63, 3.8) is 0 Å². The van der Waals surface area contributed by atoms with Gasteiger partial charge in [-0.05, 0) is 25.7 Å². The van der Waals surface area contributed by atoms with E-state index < -0.39 is 0 Å². The number of aliphatic hydroxyl groups excluding tert-OH is 1. The highest BCUT2D eigenvalue weighted by Gasteiger charge is 2.26. The molecule has 7 nitrogen and oxygen atoms in total. The third-order valence-electron chi connectivity index (χ3n) is 4.38. The van der Waals surface area contributed by atoms with E-state index in [1.54, 1.807) is 0 Å². The first-order chi connectivity index (χ1) is 10.3. The van der Waals surface area contributed by atoms with E-state index in [0.29, 0.717) is 24.5 Å². The zero-order chi connectivity index (χ0) is 14.7. The van der Waals surface area contributed by atoms with Crippen LogP contribution in [-0.4, -0.2) is 52.3 Å². The zero-order valence-corrected chi connectivity index (χ0v) is 12.4. The van der Waals surface area contributed by atoms with Crippen LogP contribution in [0, 0.1) is 0 Å². The number of hydrogen-bond donors (Lipinski definition) is 2. The van der Waals surface area contributed by atoms with Crippen LogP contribution in [-0.2, 0) is 0 Å². The van der Waals surface area contributed by atoms with Gasteiger partial charge >= 0.3 is 0 Å². The Balaban J connectivity index is 1.87. The summed E-state index contributed by atoms with van der Waals surface area (Å²) in [7, 11) is 0. The number of anilines is 3. The fourth-order valence-corrected chi connectivity index (χ4v) is 3.33. The zero-order valence-electron chi connectivity index (χ0n) is 12.4. The van der Waals surface area contributed by atoms with E-state index in [4.69, 9.17) is 5.73 Å². The highest BCUT2D eigenvalue weighted by molar-refractivity contribution is 5.44. The second-order valence-corrected chi connectivity index (χ2v) is 5.84. The summed E-state index contributed by atoms with van der Waals surface area (Å²) in [4.78, 5) is 17.5. The van der Waals surface area contributed by atoms with Gasteiger partial charge < -0.3 is 20.6 Å². The van der Waals surface area contributed by atoms with Gasteiger partial charge in [-0.25, -0.2) is 0 Å². The maximum atomic E-state index is 9.35. The van der Waals surface area contributed by atoms with Gasteiger partial charge in [0.15, 0.2) is 0 Å². The lowest BCUT2D eigenvalue weighted by Crippen LogP contribution is -2.37. The molecule has 2 fully saturated rings. The molecule has 1 aromatic heterocycles. The van der Waals surface area contributed by atoms with Crippen molar-refractivity contribution >= 4 is 17.8 Å². The minimum atomic E-state index is 0.0983. The van der Waals surface area contributed by atoms with Crippen molar-refractivity contribution < 1.29 is 5.11 Å². The van der Waals surface area contributed by atoms with E-state index in [0.717, 1.165) is 25.9 Å². The first kappa shape index (κ1) is 14.3. The van der Waals surface area contributed by atoms with Gasteiger partial charge in [-0.15, -0.1) is 0 Å². The lowest BCUT2D eigenvalue weighted by molar-refractivity contribution is 0.296. The molecule has 3 N–H and O–H groups in total. The minimum Gasteiger partial charge on any atom is -0.395 e. The fraction of sp³-hybridized carbons (Fsp3) is 0.786. The van der Waals surface area contributed by atoms with Crippen molar-refractivity contribution in [1.82, 2.24) is 15.0 Å². The van der Waals surface area contributed by atoms with Crippen molar-refractivity contribution in [1.29, 1.82) is 0 Å². The average Bonchev–Trinajstić information content (AvgIpc) is 3.16. The molecule has 3 rings (SSSR count). The number of aliphatic hydroxyl groups is 1. The Morgan fingerprint density at radius 1 is 1.10 bits per heavy atom. The van der Waals surface area contributed by atoms with Gasteiger partial charge in [-0.3, -0.25) is 0 Å². The maximum Gasteiger partial charge on any atom is 0.232 e. The summed E-state index contributed by atoms with van der Waals surface area (Å²) in [6, 6.07) is 0.408. The molecule has 2 aliphatic rings. The quantitative estimate of drug-likeness (QED) is 0.829. The summed E-state index contributed by atoms with van der Waals surface area (Å²) >= 11 is 0. The Morgan fingerprint density at radius 2 is 1.81 bits per heavy atom. The summed E-state index contributed by atoms with van der Waals surface area (Å²) < 4.78 is 0. The summed E-state index contributed by atoms with van der Waals surface area (Å²) in [5.41, 5.74) is 5.88. The van der Waals surface area contributed by atoms with Gasteiger partial charge in [-0.2, -0.15) is 15.0 Å². The van der Waals surface area contributed by atoms with E-state index in [-0.39, 0.29) is 12.6 Å². The van der Waals surface area contributed by atoms with Crippen LogP contribution < -0.4 is 15.5 Å². The molecule has 0 amide bonds. The fourth-order valence-electron chi connectivity index (χ4n) is 3.33. The Hall–Kier alpha value is -1.63. The van der Waals surface area contributed by atoms with Crippen LogP contribution in [0.3, 0.4) is 0 Å².